The summed E-state index contributed by atoms with van der Waals surface area (Å²) in [5, 5.41) is 0. The predicted octanol–water partition coefficient (Wildman–Crippen LogP) is 1.02. The number of nitrogens with zero attached hydrogens (tertiary/aromatic N) is 1. The highest BCUT2D eigenvalue weighted by Gasteiger charge is 2.47. The summed E-state index contributed by atoms with van der Waals surface area (Å²) in [6.45, 7) is 2.99. The van der Waals surface area contributed by atoms with Gasteiger partial charge >= 0.3 is 0 Å². The molecule has 5 heteroatoms. The van der Waals surface area contributed by atoms with Crippen molar-refractivity contribution >= 4 is 5.91 Å². The number of aromatic amines is 1. The Hall–Kier alpha value is -1.36. The molecule has 16 heavy (non-hydrogen) atoms. The first kappa shape index (κ1) is 9.84. The lowest BCUT2D eigenvalue weighted by molar-refractivity contribution is -0.00000715. The molecule has 1 N–H and O–H groups in total. The fourth-order valence-electron chi connectivity index (χ4n) is 2.47. The number of H-pyrrole nitrogens is 1. The summed E-state index contributed by atoms with van der Waals surface area (Å²) in [5.41, 5.74) is 0.507. The fourth-order valence-corrected chi connectivity index (χ4v) is 2.47. The van der Waals surface area contributed by atoms with Gasteiger partial charge in [-0.2, -0.15) is 0 Å². The van der Waals surface area contributed by atoms with Crippen molar-refractivity contribution in [3.63, 3.8) is 0 Å². The zero-order valence-corrected chi connectivity index (χ0v) is 8.83. The molecular weight excluding hydrogens is 211 g/mol. The largest absolute Gasteiger partial charge is 0.381 e. The van der Waals surface area contributed by atoms with Gasteiger partial charge in [-0.15, -0.1) is 0 Å². The lowest BCUT2D eigenvalue weighted by atomic mass is 9.79. The summed E-state index contributed by atoms with van der Waals surface area (Å²) in [5.74, 6) is -0.524. The predicted molar refractivity (Wildman–Crippen MR) is 54.5 cm³/mol. The van der Waals surface area contributed by atoms with E-state index in [1.54, 1.807) is 4.90 Å². The summed E-state index contributed by atoms with van der Waals surface area (Å²) in [4.78, 5) is 16.2. The first-order valence-electron chi connectivity index (χ1n) is 5.40. The molecule has 1 aromatic rings. The summed E-state index contributed by atoms with van der Waals surface area (Å²) >= 11 is 0. The van der Waals surface area contributed by atoms with E-state index in [-0.39, 0.29) is 11.3 Å². The third-order valence-corrected chi connectivity index (χ3v) is 3.40. The van der Waals surface area contributed by atoms with E-state index in [4.69, 9.17) is 4.74 Å². The van der Waals surface area contributed by atoms with Gasteiger partial charge in [0, 0.05) is 37.4 Å². The van der Waals surface area contributed by atoms with Crippen molar-refractivity contribution in [2.75, 3.05) is 26.3 Å². The topological polar surface area (TPSA) is 45.3 Å². The van der Waals surface area contributed by atoms with Gasteiger partial charge in [0.05, 0.1) is 6.61 Å². The maximum absolute atomic E-state index is 12.7. The van der Waals surface area contributed by atoms with E-state index in [2.05, 4.69) is 4.98 Å². The van der Waals surface area contributed by atoms with Crippen LogP contribution in [-0.4, -0.2) is 42.1 Å². The van der Waals surface area contributed by atoms with E-state index >= 15 is 0 Å². The average molecular weight is 224 g/mol. The van der Waals surface area contributed by atoms with Gasteiger partial charge in [-0.3, -0.25) is 4.79 Å². The number of halogens is 1. The SMILES string of the molecule is O=C(c1cc(F)c[nH]1)N1CC2(CCOC2)C1. The molecule has 1 spiro atoms. The number of aromatic nitrogens is 1. The Morgan fingerprint density at radius 2 is 2.38 bits per heavy atom. The van der Waals surface area contributed by atoms with Crippen LogP contribution in [0.15, 0.2) is 12.3 Å². The van der Waals surface area contributed by atoms with Crippen LogP contribution in [0.4, 0.5) is 4.39 Å². The maximum atomic E-state index is 12.7. The Labute approximate surface area is 92.4 Å². The minimum atomic E-state index is -0.400. The number of ether oxygens (including phenoxy) is 1. The van der Waals surface area contributed by atoms with Crippen molar-refractivity contribution in [1.82, 2.24) is 9.88 Å². The Morgan fingerprint density at radius 1 is 1.56 bits per heavy atom. The van der Waals surface area contributed by atoms with Crippen LogP contribution < -0.4 is 0 Å². The number of hydrogen-bond donors (Lipinski definition) is 1. The van der Waals surface area contributed by atoms with Crippen LogP contribution in [0.5, 0.6) is 0 Å². The molecule has 0 bridgehead atoms. The van der Waals surface area contributed by atoms with Gasteiger partial charge in [0.1, 0.15) is 11.5 Å². The van der Waals surface area contributed by atoms with E-state index in [1.165, 1.54) is 12.3 Å². The van der Waals surface area contributed by atoms with Gasteiger partial charge in [-0.05, 0) is 6.42 Å². The van der Waals surface area contributed by atoms with Gasteiger partial charge in [0.25, 0.3) is 5.91 Å². The molecule has 2 aliphatic heterocycles. The molecule has 86 valence electrons. The average Bonchev–Trinajstić information content (AvgIpc) is 2.82. The molecule has 2 saturated heterocycles. The molecule has 0 atom stereocenters. The Balaban J connectivity index is 1.66. The second-order valence-electron chi connectivity index (χ2n) is 4.70. The van der Waals surface area contributed by atoms with Crippen LogP contribution in [-0.2, 0) is 4.74 Å². The second-order valence-corrected chi connectivity index (χ2v) is 4.70. The van der Waals surface area contributed by atoms with E-state index < -0.39 is 5.82 Å². The van der Waals surface area contributed by atoms with Crippen LogP contribution in [0.25, 0.3) is 0 Å². The number of carbonyl (C=O) groups excluding carboxylic acids is 1. The summed E-state index contributed by atoms with van der Waals surface area (Å²) < 4.78 is 18.1. The standard InChI is InChI=1S/C11H13FN2O2/c12-8-3-9(13-4-8)10(15)14-5-11(6-14)1-2-16-7-11/h3-4,13H,1-2,5-7H2. The van der Waals surface area contributed by atoms with Crippen LogP contribution in [0.3, 0.4) is 0 Å². The van der Waals surface area contributed by atoms with Gasteiger partial charge in [-0.25, -0.2) is 4.39 Å². The van der Waals surface area contributed by atoms with E-state index in [9.17, 15) is 9.18 Å². The molecule has 1 amide bonds. The number of amides is 1. The minimum Gasteiger partial charge on any atom is -0.381 e. The summed E-state index contributed by atoms with van der Waals surface area (Å²) in [6, 6.07) is 1.23. The molecule has 2 aliphatic rings. The van der Waals surface area contributed by atoms with Crippen LogP contribution >= 0.6 is 0 Å². The van der Waals surface area contributed by atoms with Crippen molar-refractivity contribution in [1.29, 1.82) is 0 Å². The van der Waals surface area contributed by atoms with Gasteiger partial charge in [0.2, 0.25) is 0 Å². The minimum absolute atomic E-state index is 0.124. The molecule has 1 aromatic heterocycles. The van der Waals surface area contributed by atoms with Crippen molar-refractivity contribution in [2.24, 2.45) is 5.41 Å². The highest BCUT2D eigenvalue weighted by molar-refractivity contribution is 5.93. The van der Waals surface area contributed by atoms with Crippen LogP contribution in [0.2, 0.25) is 0 Å². The molecule has 0 saturated carbocycles. The molecule has 4 nitrogen and oxygen atoms in total. The Bertz CT molecular complexity index is 415. The van der Waals surface area contributed by atoms with Crippen molar-refractivity contribution in [2.45, 2.75) is 6.42 Å². The van der Waals surface area contributed by atoms with E-state index in [1.807, 2.05) is 0 Å². The highest BCUT2D eigenvalue weighted by Crippen LogP contribution is 2.38. The van der Waals surface area contributed by atoms with Crippen molar-refractivity contribution in [3.8, 4) is 0 Å². The number of nitrogens with one attached hydrogen (secondary N) is 1. The van der Waals surface area contributed by atoms with Crippen molar-refractivity contribution in [3.05, 3.63) is 23.8 Å². The second kappa shape index (κ2) is 3.31. The molecule has 0 aliphatic carbocycles. The summed E-state index contributed by atoms with van der Waals surface area (Å²) in [7, 11) is 0. The lowest BCUT2D eigenvalue weighted by Crippen LogP contribution is -2.58. The third-order valence-electron chi connectivity index (χ3n) is 3.40. The molecule has 3 heterocycles. The monoisotopic (exact) mass is 224 g/mol. The number of likely N-dealkylation sites (tertiary alicyclic amines) is 1. The third kappa shape index (κ3) is 1.43. The molecule has 3 rings (SSSR count). The Morgan fingerprint density at radius 3 is 2.94 bits per heavy atom. The first-order valence-corrected chi connectivity index (χ1v) is 5.40. The molecule has 0 radical (unpaired) electrons. The molecule has 0 unspecified atom stereocenters. The zero-order valence-electron chi connectivity index (χ0n) is 8.83. The number of hydrogen-bond acceptors (Lipinski definition) is 2. The highest BCUT2D eigenvalue weighted by atomic mass is 19.1. The van der Waals surface area contributed by atoms with E-state index in [0.717, 1.165) is 32.7 Å². The zero-order chi connectivity index (χ0) is 11.2. The van der Waals surface area contributed by atoms with Gasteiger partial charge in [0.15, 0.2) is 0 Å². The van der Waals surface area contributed by atoms with E-state index in [0.29, 0.717) is 5.69 Å². The molecular formula is C11H13FN2O2. The maximum Gasteiger partial charge on any atom is 0.270 e. The smallest absolute Gasteiger partial charge is 0.270 e. The quantitative estimate of drug-likeness (QED) is 0.774. The Kier molecular flexibility index (Phi) is 2.04. The lowest BCUT2D eigenvalue weighted by Gasteiger charge is -2.46. The molecule has 0 aromatic carbocycles. The number of carbonyl (C=O) groups is 1. The number of rotatable bonds is 1. The normalized spacial score (nSPS) is 22.4. The van der Waals surface area contributed by atoms with Crippen molar-refractivity contribution < 1.29 is 13.9 Å². The van der Waals surface area contributed by atoms with Gasteiger partial charge in [-0.1, -0.05) is 0 Å². The molecule has 2 fully saturated rings. The van der Waals surface area contributed by atoms with Crippen LogP contribution in [0, 0.1) is 11.2 Å². The van der Waals surface area contributed by atoms with Gasteiger partial charge < -0.3 is 14.6 Å². The first-order chi connectivity index (χ1) is 7.69. The summed E-state index contributed by atoms with van der Waals surface area (Å²) in [6.07, 6.45) is 2.22. The van der Waals surface area contributed by atoms with Crippen LogP contribution in [0.1, 0.15) is 16.9 Å². The fraction of sp³-hybridized carbons (Fsp3) is 0.545.